The smallest absolute Gasteiger partial charge is 0.327 e. The van der Waals surface area contributed by atoms with E-state index < -0.39 is 12.1 Å². The maximum absolute atomic E-state index is 12.3. The molecule has 0 spiro atoms. The lowest BCUT2D eigenvalue weighted by Gasteiger charge is -2.15. The van der Waals surface area contributed by atoms with E-state index in [2.05, 4.69) is 0 Å². The van der Waals surface area contributed by atoms with E-state index in [4.69, 9.17) is 5.73 Å². The average Bonchev–Trinajstić information content (AvgIpc) is 2.60. The van der Waals surface area contributed by atoms with Crippen LogP contribution in [0, 0.1) is 17.8 Å². The Morgan fingerprint density at radius 2 is 1.83 bits per heavy atom. The van der Waals surface area contributed by atoms with Gasteiger partial charge in [-0.3, -0.25) is 0 Å². The van der Waals surface area contributed by atoms with Gasteiger partial charge in [-0.1, -0.05) is 6.42 Å². The maximum Gasteiger partial charge on any atom is 0.392 e. The molecule has 0 bridgehead atoms. The molecule has 2 rings (SSSR count). The van der Waals surface area contributed by atoms with Crippen molar-refractivity contribution < 1.29 is 13.2 Å². The molecule has 0 aromatic carbocycles. The molecule has 2 N–H and O–H groups in total. The third-order valence-corrected chi connectivity index (χ3v) is 3.18. The van der Waals surface area contributed by atoms with E-state index in [1.54, 1.807) is 0 Å². The lowest BCUT2D eigenvalue weighted by molar-refractivity contribution is -0.154. The number of rotatable bonds is 0. The summed E-state index contributed by atoms with van der Waals surface area (Å²) >= 11 is 0. The monoisotopic (exact) mass is 179 g/mol. The quantitative estimate of drug-likeness (QED) is 0.604. The van der Waals surface area contributed by atoms with Crippen LogP contribution in [0.4, 0.5) is 13.2 Å². The fourth-order valence-electron chi connectivity index (χ4n) is 2.60. The number of hydrogen-bond donors (Lipinski definition) is 1. The Kier molecular flexibility index (Phi) is 1.65. The Labute approximate surface area is 69.1 Å². The molecule has 2 aliphatic carbocycles. The second kappa shape index (κ2) is 2.37. The fourth-order valence-corrected chi connectivity index (χ4v) is 2.60. The van der Waals surface area contributed by atoms with Crippen LogP contribution in [0.1, 0.15) is 19.3 Å². The molecule has 0 aromatic heterocycles. The van der Waals surface area contributed by atoms with E-state index in [-0.39, 0.29) is 17.9 Å². The van der Waals surface area contributed by atoms with Gasteiger partial charge in [-0.25, -0.2) is 0 Å². The molecule has 4 heteroatoms. The minimum atomic E-state index is -4.00. The molecule has 70 valence electrons. The number of halogens is 3. The van der Waals surface area contributed by atoms with Crippen molar-refractivity contribution >= 4 is 0 Å². The van der Waals surface area contributed by atoms with Gasteiger partial charge in [-0.15, -0.1) is 0 Å². The summed E-state index contributed by atoms with van der Waals surface area (Å²) in [4.78, 5) is 0. The molecule has 0 amide bonds. The maximum atomic E-state index is 12.3. The van der Waals surface area contributed by atoms with Gasteiger partial charge in [0.2, 0.25) is 0 Å². The van der Waals surface area contributed by atoms with Crippen LogP contribution in [0.5, 0.6) is 0 Å². The standard InChI is InChI=1S/C8H12F3N/c9-8(10,11)7-4-2-1-3-5(12)6(4)7/h4-7H,1-3,12H2/t4-,5+,6+,7+/m0/s1. The number of nitrogens with two attached hydrogens (primary N) is 1. The summed E-state index contributed by atoms with van der Waals surface area (Å²) in [7, 11) is 0. The second-order valence-corrected chi connectivity index (χ2v) is 3.90. The van der Waals surface area contributed by atoms with Crippen LogP contribution in [0.25, 0.3) is 0 Å². The Hall–Kier alpha value is -0.250. The summed E-state index contributed by atoms with van der Waals surface area (Å²) in [5.74, 6) is -1.47. The van der Waals surface area contributed by atoms with Crippen molar-refractivity contribution in [2.24, 2.45) is 23.5 Å². The van der Waals surface area contributed by atoms with E-state index in [9.17, 15) is 13.2 Å². The first kappa shape index (κ1) is 8.35. The van der Waals surface area contributed by atoms with E-state index in [1.165, 1.54) is 0 Å². The number of hydrogen-bond acceptors (Lipinski definition) is 1. The predicted octanol–water partition coefficient (Wildman–Crippen LogP) is 1.92. The molecule has 2 fully saturated rings. The lowest BCUT2D eigenvalue weighted by atomic mass is 9.96. The van der Waals surface area contributed by atoms with E-state index in [0.717, 1.165) is 19.3 Å². The summed E-state index contributed by atoms with van der Waals surface area (Å²) < 4.78 is 36.8. The van der Waals surface area contributed by atoms with Gasteiger partial charge in [-0.05, 0) is 24.7 Å². The van der Waals surface area contributed by atoms with Crippen LogP contribution in [0.15, 0.2) is 0 Å². The Balaban J connectivity index is 2.05. The molecule has 0 unspecified atom stereocenters. The molecule has 1 nitrogen and oxygen atoms in total. The van der Waals surface area contributed by atoms with Gasteiger partial charge < -0.3 is 5.73 Å². The zero-order chi connectivity index (χ0) is 8.93. The predicted molar refractivity (Wildman–Crippen MR) is 38.4 cm³/mol. The SMILES string of the molecule is N[C@@H]1CCC[C@H]2[C@H]1[C@@H]2C(F)(F)F. The van der Waals surface area contributed by atoms with Crippen LogP contribution in [0.3, 0.4) is 0 Å². The highest BCUT2D eigenvalue weighted by Gasteiger charge is 2.66. The van der Waals surface area contributed by atoms with Crippen molar-refractivity contribution in [1.29, 1.82) is 0 Å². The highest BCUT2D eigenvalue weighted by molar-refractivity contribution is 5.07. The molecule has 4 atom stereocenters. The lowest BCUT2D eigenvalue weighted by Crippen LogP contribution is -2.27. The van der Waals surface area contributed by atoms with Gasteiger partial charge in [0.1, 0.15) is 0 Å². The topological polar surface area (TPSA) is 26.0 Å². The van der Waals surface area contributed by atoms with Gasteiger partial charge in [0.05, 0.1) is 5.92 Å². The normalized spacial score (nSPS) is 47.0. The summed E-state index contributed by atoms with van der Waals surface area (Å²) in [5.41, 5.74) is 5.61. The van der Waals surface area contributed by atoms with Crippen molar-refractivity contribution in [3.05, 3.63) is 0 Å². The molecular formula is C8H12F3N. The molecule has 0 saturated heterocycles. The highest BCUT2D eigenvalue weighted by atomic mass is 19.4. The van der Waals surface area contributed by atoms with Crippen molar-refractivity contribution in [3.63, 3.8) is 0 Å². The first-order chi connectivity index (χ1) is 5.52. The van der Waals surface area contributed by atoms with Crippen LogP contribution >= 0.6 is 0 Å². The molecule has 2 aliphatic rings. The Morgan fingerprint density at radius 3 is 2.33 bits per heavy atom. The van der Waals surface area contributed by atoms with Gasteiger partial charge in [0.15, 0.2) is 0 Å². The summed E-state index contributed by atoms with van der Waals surface area (Å²) in [6, 6.07) is -0.199. The molecular weight excluding hydrogens is 167 g/mol. The molecule has 0 heterocycles. The first-order valence-electron chi connectivity index (χ1n) is 4.34. The Morgan fingerprint density at radius 1 is 1.17 bits per heavy atom. The van der Waals surface area contributed by atoms with Crippen molar-refractivity contribution in [2.45, 2.75) is 31.5 Å². The van der Waals surface area contributed by atoms with Crippen LogP contribution < -0.4 is 5.73 Å². The summed E-state index contributed by atoms with van der Waals surface area (Å²) in [5, 5.41) is 0. The summed E-state index contributed by atoms with van der Waals surface area (Å²) in [6.07, 6.45) is -1.64. The van der Waals surface area contributed by atoms with E-state index >= 15 is 0 Å². The second-order valence-electron chi connectivity index (χ2n) is 3.90. The third-order valence-electron chi connectivity index (χ3n) is 3.18. The van der Waals surface area contributed by atoms with Crippen molar-refractivity contribution in [1.82, 2.24) is 0 Å². The van der Waals surface area contributed by atoms with Crippen LogP contribution in [-0.2, 0) is 0 Å². The van der Waals surface area contributed by atoms with E-state index in [0.29, 0.717) is 0 Å². The average molecular weight is 179 g/mol. The first-order valence-corrected chi connectivity index (χ1v) is 4.34. The van der Waals surface area contributed by atoms with Gasteiger partial charge in [0.25, 0.3) is 0 Å². The van der Waals surface area contributed by atoms with Crippen LogP contribution in [-0.4, -0.2) is 12.2 Å². The zero-order valence-corrected chi connectivity index (χ0v) is 6.64. The zero-order valence-electron chi connectivity index (χ0n) is 6.64. The van der Waals surface area contributed by atoms with Crippen molar-refractivity contribution in [2.75, 3.05) is 0 Å². The van der Waals surface area contributed by atoms with Crippen LogP contribution in [0.2, 0.25) is 0 Å². The van der Waals surface area contributed by atoms with Gasteiger partial charge >= 0.3 is 6.18 Å². The minimum Gasteiger partial charge on any atom is -0.327 e. The Bertz CT molecular complexity index is 189. The highest BCUT2D eigenvalue weighted by Crippen LogP contribution is 2.61. The number of fused-ring (bicyclic) bond motifs is 1. The largest absolute Gasteiger partial charge is 0.392 e. The fraction of sp³-hybridized carbons (Fsp3) is 1.00. The van der Waals surface area contributed by atoms with Crippen molar-refractivity contribution in [3.8, 4) is 0 Å². The van der Waals surface area contributed by atoms with Gasteiger partial charge in [-0.2, -0.15) is 13.2 Å². The van der Waals surface area contributed by atoms with E-state index in [1.807, 2.05) is 0 Å². The summed E-state index contributed by atoms with van der Waals surface area (Å²) in [6.45, 7) is 0. The minimum absolute atomic E-state index is 0.145. The molecule has 12 heavy (non-hydrogen) atoms. The third kappa shape index (κ3) is 1.13. The molecule has 0 aliphatic heterocycles. The number of alkyl halides is 3. The molecule has 0 aromatic rings. The molecule has 0 radical (unpaired) electrons. The molecule has 2 saturated carbocycles. The van der Waals surface area contributed by atoms with Gasteiger partial charge in [0, 0.05) is 6.04 Å².